The minimum absolute atomic E-state index is 0.0769. The van der Waals surface area contributed by atoms with Gasteiger partial charge in [0.2, 0.25) is 0 Å². The number of carbonyl (C=O) groups is 1. The highest BCUT2D eigenvalue weighted by Gasteiger charge is 2.46. The number of thioether (sulfide) groups is 1. The van der Waals surface area contributed by atoms with Crippen molar-refractivity contribution in [2.75, 3.05) is 11.7 Å². The zero-order chi connectivity index (χ0) is 30.9. The first-order chi connectivity index (χ1) is 21.4. The lowest BCUT2D eigenvalue weighted by molar-refractivity contribution is -0.129. The Hall–Kier alpha value is -4.61. The van der Waals surface area contributed by atoms with E-state index in [4.69, 9.17) is 0 Å². The first-order valence-corrected chi connectivity index (χ1v) is 17.1. The number of hydrogen-bond donors (Lipinski definition) is 1. The van der Waals surface area contributed by atoms with Gasteiger partial charge in [0.1, 0.15) is 24.3 Å². The number of carbonyl (C=O) groups excluding carboxylic acids is 1. The minimum Gasteiger partial charge on any atom is -0.289 e. The zero-order valence-corrected chi connectivity index (χ0v) is 26.6. The van der Waals surface area contributed by atoms with Crippen molar-refractivity contribution in [3.05, 3.63) is 150 Å². The third-order valence-electron chi connectivity index (χ3n) is 7.32. The van der Waals surface area contributed by atoms with Crippen molar-refractivity contribution in [2.24, 2.45) is 4.99 Å². The number of benzene rings is 4. The number of hydrogen-bond acceptors (Lipinski definition) is 6. The predicted molar refractivity (Wildman–Crippen MR) is 175 cm³/mol. The Morgan fingerprint density at radius 3 is 1.95 bits per heavy atom. The Bertz CT molecular complexity index is 1630. The van der Waals surface area contributed by atoms with Crippen LogP contribution in [0.3, 0.4) is 0 Å². The SMILES string of the molecule is CSC1=N[C@@](C)(c2ccccc2)C(=O)N1Nc1ccccc1.Fc1ccc(C([SiH2]Cn2cncn2)c2ccc(F)cc2)cc1. The summed E-state index contributed by atoms with van der Waals surface area (Å²) in [5.41, 5.74) is 6.31. The normalized spacial score (nSPS) is 16.2. The van der Waals surface area contributed by atoms with E-state index in [0.29, 0.717) is 5.17 Å². The van der Waals surface area contributed by atoms with Gasteiger partial charge in [-0.25, -0.2) is 18.8 Å². The first-order valence-electron chi connectivity index (χ1n) is 14.1. The maximum atomic E-state index is 13.2. The second-order valence-electron chi connectivity index (χ2n) is 10.3. The smallest absolute Gasteiger partial charge is 0.279 e. The molecule has 1 aromatic heterocycles. The van der Waals surface area contributed by atoms with Crippen molar-refractivity contribution >= 4 is 38.0 Å². The van der Waals surface area contributed by atoms with Crippen LogP contribution in [0.4, 0.5) is 14.5 Å². The van der Waals surface area contributed by atoms with Crippen LogP contribution in [0.15, 0.2) is 127 Å². The Morgan fingerprint density at radius 2 is 1.43 bits per heavy atom. The van der Waals surface area contributed by atoms with Crippen LogP contribution in [-0.2, 0) is 16.5 Å². The minimum atomic E-state index is -0.888. The number of para-hydroxylation sites is 1. The molecule has 0 radical (unpaired) electrons. The van der Waals surface area contributed by atoms with Crippen molar-refractivity contribution in [1.82, 2.24) is 19.8 Å². The Balaban J connectivity index is 0.000000175. The van der Waals surface area contributed by atoms with E-state index in [2.05, 4.69) is 20.5 Å². The number of halogens is 2. The lowest BCUT2D eigenvalue weighted by Gasteiger charge is -2.23. The van der Waals surface area contributed by atoms with Crippen LogP contribution in [0.5, 0.6) is 0 Å². The van der Waals surface area contributed by atoms with Crippen molar-refractivity contribution in [3.63, 3.8) is 0 Å². The number of amidine groups is 1. The van der Waals surface area contributed by atoms with Crippen molar-refractivity contribution in [2.45, 2.75) is 24.2 Å². The summed E-state index contributed by atoms with van der Waals surface area (Å²) in [5.74, 6) is -0.578. The molecular formula is C33H32F2N6OSSi. The maximum absolute atomic E-state index is 13.2. The molecular weight excluding hydrogens is 595 g/mol. The summed E-state index contributed by atoms with van der Waals surface area (Å²) in [6.45, 7) is 1.85. The quantitative estimate of drug-likeness (QED) is 0.215. The highest BCUT2D eigenvalue weighted by Crippen LogP contribution is 2.35. The molecule has 0 spiro atoms. The molecule has 11 heteroatoms. The van der Waals surface area contributed by atoms with E-state index in [1.807, 2.05) is 78.5 Å². The molecule has 1 N–H and O–H groups in total. The lowest BCUT2D eigenvalue weighted by Crippen LogP contribution is -2.42. The number of aliphatic imine (C=N–C) groups is 1. The van der Waals surface area contributed by atoms with E-state index < -0.39 is 15.1 Å². The summed E-state index contributed by atoms with van der Waals surface area (Å²) in [7, 11) is -0.649. The molecule has 0 bridgehead atoms. The number of amides is 1. The van der Waals surface area contributed by atoms with Gasteiger partial charge in [-0.2, -0.15) is 10.1 Å². The summed E-state index contributed by atoms with van der Waals surface area (Å²) in [4.78, 5) is 21.5. The molecule has 0 saturated carbocycles. The fourth-order valence-electron chi connectivity index (χ4n) is 4.95. The summed E-state index contributed by atoms with van der Waals surface area (Å²) < 4.78 is 28.1. The number of aromatic nitrogens is 3. The third kappa shape index (κ3) is 7.29. The van der Waals surface area contributed by atoms with Crippen LogP contribution in [0.2, 0.25) is 0 Å². The van der Waals surface area contributed by atoms with Crippen molar-refractivity contribution in [1.29, 1.82) is 0 Å². The maximum Gasteiger partial charge on any atom is 0.279 e. The molecule has 44 heavy (non-hydrogen) atoms. The van der Waals surface area contributed by atoms with Gasteiger partial charge in [-0.05, 0) is 71.8 Å². The molecule has 0 aliphatic carbocycles. The van der Waals surface area contributed by atoms with Gasteiger partial charge in [0.15, 0.2) is 10.7 Å². The van der Waals surface area contributed by atoms with E-state index in [0.717, 1.165) is 28.5 Å². The third-order valence-corrected chi connectivity index (χ3v) is 10.2. The molecule has 4 aromatic carbocycles. The molecule has 1 amide bonds. The average Bonchev–Trinajstić information content (AvgIpc) is 3.67. The predicted octanol–water partition coefficient (Wildman–Crippen LogP) is 5.96. The molecule has 1 aliphatic rings. The standard InChI is InChI=1S/C17H17N3OS.C16H15F2N3Si/c1-17(13-9-5-3-6-10-13)15(21)20(16(18-17)22-2)19-14-11-7-4-8-12-14;17-14-5-1-12(2-6-14)16(13-3-7-15(18)8-4-13)22-11-21-10-19-9-20-21/h3-12,19H,1-2H3;1-10,16H,11,22H2/t17-;/m0./s1. The van der Waals surface area contributed by atoms with Gasteiger partial charge in [-0.1, -0.05) is 84.6 Å². The summed E-state index contributed by atoms with van der Waals surface area (Å²) in [6.07, 6.45) is 5.94. The summed E-state index contributed by atoms with van der Waals surface area (Å²) >= 11 is 1.45. The highest BCUT2D eigenvalue weighted by atomic mass is 32.2. The van der Waals surface area contributed by atoms with Crippen molar-refractivity contribution < 1.29 is 13.6 Å². The molecule has 0 unspecified atom stereocenters. The summed E-state index contributed by atoms with van der Waals surface area (Å²) in [5, 5.41) is 6.33. The van der Waals surface area contributed by atoms with Gasteiger partial charge >= 0.3 is 0 Å². The second-order valence-corrected chi connectivity index (χ2v) is 12.9. The van der Waals surface area contributed by atoms with Crippen LogP contribution in [0.25, 0.3) is 0 Å². The molecule has 1 atom stereocenters. The van der Waals surface area contributed by atoms with Crippen LogP contribution in [0, 0.1) is 11.6 Å². The Morgan fingerprint density at radius 1 is 0.864 bits per heavy atom. The van der Waals surface area contributed by atoms with Gasteiger partial charge in [-0.15, -0.1) is 0 Å². The van der Waals surface area contributed by atoms with Crippen LogP contribution >= 0.6 is 11.8 Å². The Labute approximate surface area is 261 Å². The Kier molecular flexibility index (Phi) is 9.98. The molecule has 224 valence electrons. The molecule has 6 rings (SSSR count). The van der Waals surface area contributed by atoms with E-state index in [-0.39, 0.29) is 23.1 Å². The monoisotopic (exact) mass is 626 g/mol. The molecule has 0 fully saturated rings. The van der Waals surface area contributed by atoms with E-state index in [9.17, 15) is 13.6 Å². The van der Waals surface area contributed by atoms with Gasteiger partial charge in [0.25, 0.3) is 5.91 Å². The average molecular weight is 627 g/mol. The number of nitrogens with one attached hydrogen (secondary N) is 1. The molecule has 7 nitrogen and oxygen atoms in total. The molecule has 2 heterocycles. The van der Waals surface area contributed by atoms with Gasteiger partial charge in [0, 0.05) is 6.17 Å². The lowest BCUT2D eigenvalue weighted by atomic mass is 9.92. The van der Waals surface area contributed by atoms with Crippen LogP contribution in [0.1, 0.15) is 29.2 Å². The summed E-state index contributed by atoms with van der Waals surface area (Å²) in [6, 6.07) is 32.4. The van der Waals surface area contributed by atoms with Crippen LogP contribution < -0.4 is 5.43 Å². The molecule has 0 saturated heterocycles. The number of rotatable bonds is 8. The molecule has 1 aliphatic heterocycles. The largest absolute Gasteiger partial charge is 0.289 e. The fraction of sp³-hybridized carbons (Fsp3) is 0.152. The number of anilines is 1. The molecule has 5 aromatic rings. The topological polar surface area (TPSA) is 75.4 Å². The van der Waals surface area contributed by atoms with E-state index in [1.165, 1.54) is 47.4 Å². The number of nitrogens with zero attached hydrogens (tertiary/aromatic N) is 5. The zero-order valence-electron chi connectivity index (χ0n) is 24.3. The van der Waals surface area contributed by atoms with Crippen LogP contribution in [-0.4, -0.2) is 46.6 Å². The van der Waals surface area contributed by atoms with E-state index in [1.54, 1.807) is 30.6 Å². The first kappa shape index (κ1) is 30.8. The highest BCUT2D eigenvalue weighted by molar-refractivity contribution is 8.13. The van der Waals surface area contributed by atoms with Gasteiger partial charge < -0.3 is 0 Å². The van der Waals surface area contributed by atoms with Gasteiger partial charge in [0.05, 0.1) is 15.2 Å². The van der Waals surface area contributed by atoms with Crippen molar-refractivity contribution in [3.8, 4) is 0 Å². The number of hydrazine groups is 1. The van der Waals surface area contributed by atoms with E-state index >= 15 is 0 Å². The fourth-order valence-corrected chi connectivity index (χ4v) is 7.50. The van der Waals surface area contributed by atoms with Gasteiger partial charge in [-0.3, -0.25) is 14.9 Å². The second kappa shape index (κ2) is 14.2.